The summed E-state index contributed by atoms with van der Waals surface area (Å²) >= 11 is 0. The van der Waals surface area contributed by atoms with Gasteiger partial charge in [0.05, 0.1) is 5.69 Å². The van der Waals surface area contributed by atoms with Crippen molar-refractivity contribution in [2.24, 2.45) is 0 Å². The third kappa shape index (κ3) is 1.65. The molecule has 14 heavy (non-hydrogen) atoms. The summed E-state index contributed by atoms with van der Waals surface area (Å²) in [7, 11) is 0. The van der Waals surface area contributed by atoms with Gasteiger partial charge in [-0.2, -0.15) is 5.10 Å². The molecule has 0 aliphatic heterocycles. The molecule has 0 bridgehead atoms. The fraction of sp³-hybridized carbons (Fsp3) is 0.200. The van der Waals surface area contributed by atoms with Gasteiger partial charge >= 0.3 is 0 Å². The second-order valence-electron chi connectivity index (χ2n) is 2.93. The fourth-order valence-electron chi connectivity index (χ4n) is 1.27. The van der Waals surface area contributed by atoms with Crippen LogP contribution in [0, 0.1) is 0 Å². The molecule has 0 radical (unpaired) electrons. The minimum atomic E-state index is 0.167. The van der Waals surface area contributed by atoms with Gasteiger partial charge in [0.25, 0.3) is 0 Å². The van der Waals surface area contributed by atoms with Crippen LogP contribution >= 0.6 is 0 Å². The fourth-order valence-corrected chi connectivity index (χ4v) is 1.27. The van der Waals surface area contributed by atoms with E-state index in [2.05, 4.69) is 15.2 Å². The van der Waals surface area contributed by atoms with Gasteiger partial charge in [-0.1, -0.05) is 6.08 Å². The molecule has 0 aliphatic rings. The van der Waals surface area contributed by atoms with Crippen molar-refractivity contribution in [2.45, 2.75) is 6.42 Å². The Morgan fingerprint density at radius 3 is 3.29 bits per heavy atom. The summed E-state index contributed by atoms with van der Waals surface area (Å²) in [5.41, 5.74) is 1.65. The first-order chi connectivity index (χ1) is 6.92. The highest BCUT2D eigenvalue weighted by molar-refractivity contribution is 5.83. The predicted molar refractivity (Wildman–Crippen MR) is 54.6 cm³/mol. The molecule has 0 fully saturated rings. The Hall–Kier alpha value is -1.68. The topological polar surface area (TPSA) is 61.8 Å². The van der Waals surface area contributed by atoms with Crippen molar-refractivity contribution in [3.63, 3.8) is 0 Å². The number of aliphatic hydroxyl groups is 1. The first-order valence-corrected chi connectivity index (χ1v) is 4.48. The van der Waals surface area contributed by atoms with Gasteiger partial charge in [0, 0.05) is 18.2 Å². The number of fused-ring (bicyclic) bond motifs is 1. The minimum Gasteiger partial charge on any atom is -0.396 e. The first kappa shape index (κ1) is 8.90. The summed E-state index contributed by atoms with van der Waals surface area (Å²) in [5.74, 6) is 0. The maximum Gasteiger partial charge on any atom is 0.181 e. The average molecular weight is 189 g/mol. The number of hydrogen-bond acceptors (Lipinski definition) is 3. The molecule has 2 aromatic heterocycles. The number of nitrogens with zero attached hydrogens (tertiary/aromatic N) is 2. The third-order valence-corrected chi connectivity index (χ3v) is 1.94. The molecule has 0 amide bonds. The Bertz CT molecular complexity index is 447. The number of rotatable bonds is 3. The highest BCUT2D eigenvalue weighted by Gasteiger charge is 2.00. The van der Waals surface area contributed by atoms with E-state index < -0.39 is 0 Å². The van der Waals surface area contributed by atoms with E-state index >= 15 is 0 Å². The molecule has 0 saturated carbocycles. The molecule has 4 heteroatoms. The molecule has 0 saturated heterocycles. The van der Waals surface area contributed by atoms with Crippen LogP contribution in [0.3, 0.4) is 0 Å². The van der Waals surface area contributed by atoms with Crippen LogP contribution in [0.2, 0.25) is 0 Å². The van der Waals surface area contributed by atoms with Gasteiger partial charge in [-0.25, -0.2) is 4.98 Å². The molecule has 2 N–H and O–H groups in total. The third-order valence-electron chi connectivity index (χ3n) is 1.94. The van der Waals surface area contributed by atoms with E-state index in [1.165, 1.54) is 0 Å². The molecule has 0 aromatic carbocycles. The summed E-state index contributed by atoms with van der Waals surface area (Å²) in [6, 6.07) is 3.84. The summed E-state index contributed by atoms with van der Waals surface area (Å²) in [6.45, 7) is 0.167. The standard InChI is InChI=1S/C10H11N3O/c14-7-2-1-5-9-8-4-3-6-11-10(8)13-12-9/h1,3-6,14H,2,7H2,(H,11,12,13). The summed E-state index contributed by atoms with van der Waals surface area (Å²) in [4.78, 5) is 4.10. The Morgan fingerprint density at radius 2 is 2.43 bits per heavy atom. The molecular formula is C10H11N3O. The molecule has 2 rings (SSSR count). The van der Waals surface area contributed by atoms with Crippen molar-refractivity contribution in [1.29, 1.82) is 0 Å². The van der Waals surface area contributed by atoms with E-state index in [1.54, 1.807) is 6.20 Å². The molecular weight excluding hydrogens is 178 g/mol. The predicted octanol–water partition coefficient (Wildman–Crippen LogP) is 1.35. The van der Waals surface area contributed by atoms with E-state index in [0.717, 1.165) is 16.7 Å². The van der Waals surface area contributed by atoms with Crippen molar-refractivity contribution < 1.29 is 5.11 Å². The van der Waals surface area contributed by atoms with Gasteiger partial charge < -0.3 is 5.11 Å². The molecule has 4 nitrogen and oxygen atoms in total. The lowest BCUT2D eigenvalue weighted by Gasteiger charge is -1.88. The maximum atomic E-state index is 8.62. The maximum absolute atomic E-state index is 8.62. The van der Waals surface area contributed by atoms with Crippen LogP contribution in [0.4, 0.5) is 0 Å². The first-order valence-electron chi connectivity index (χ1n) is 4.48. The van der Waals surface area contributed by atoms with Gasteiger partial charge in [0.1, 0.15) is 0 Å². The van der Waals surface area contributed by atoms with E-state index in [0.29, 0.717) is 6.42 Å². The smallest absolute Gasteiger partial charge is 0.181 e. The average Bonchev–Trinajstić information content (AvgIpc) is 2.63. The van der Waals surface area contributed by atoms with E-state index in [9.17, 15) is 0 Å². The number of nitrogens with one attached hydrogen (secondary N) is 1. The number of H-pyrrole nitrogens is 1. The lowest BCUT2D eigenvalue weighted by atomic mass is 10.2. The van der Waals surface area contributed by atoms with Crippen molar-refractivity contribution in [1.82, 2.24) is 15.2 Å². The number of pyridine rings is 1. The van der Waals surface area contributed by atoms with Crippen LogP contribution in [0.5, 0.6) is 0 Å². The normalized spacial score (nSPS) is 11.5. The lowest BCUT2D eigenvalue weighted by molar-refractivity contribution is 0.303. The highest BCUT2D eigenvalue weighted by Crippen LogP contribution is 2.13. The van der Waals surface area contributed by atoms with Gasteiger partial charge in [-0.15, -0.1) is 0 Å². The van der Waals surface area contributed by atoms with E-state index in [1.807, 2.05) is 24.3 Å². The zero-order valence-corrected chi connectivity index (χ0v) is 7.64. The summed E-state index contributed by atoms with van der Waals surface area (Å²) < 4.78 is 0. The van der Waals surface area contributed by atoms with E-state index in [4.69, 9.17) is 5.11 Å². The van der Waals surface area contributed by atoms with Gasteiger partial charge in [-0.3, -0.25) is 5.10 Å². The van der Waals surface area contributed by atoms with Gasteiger partial charge in [0.15, 0.2) is 5.65 Å². The largest absolute Gasteiger partial charge is 0.396 e. The number of hydrogen-bond donors (Lipinski definition) is 2. The Balaban J connectivity index is 2.34. The van der Waals surface area contributed by atoms with Crippen LogP contribution in [0.25, 0.3) is 17.1 Å². The lowest BCUT2D eigenvalue weighted by Crippen LogP contribution is -1.77. The van der Waals surface area contributed by atoms with Crippen LogP contribution in [0.1, 0.15) is 12.1 Å². The second-order valence-corrected chi connectivity index (χ2v) is 2.93. The SMILES string of the molecule is OCCC=Cc1[nH]nc2ncccc12. The molecule has 0 atom stereocenters. The van der Waals surface area contributed by atoms with E-state index in [-0.39, 0.29) is 6.61 Å². The zero-order valence-electron chi connectivity index (χ0n) is 7.64. The van der Waals surface area contributed by atoms with Gasteiger partial charge in [0.2, 0.25) is 0 Å². The van der Waals surface area contributed by atoms with Crippen molar-refractivity contribution in [3.8, 4) is 0 Å². The Labute approximate surface area is 81.3 Å². The Morgan fingerprint density at radius 1 is 1.50 bits per heavy atom. The highest BCUT2D eigenvalue weighted by atomic mass is 16.2. The molecule has 0 unspecified atom stereocenters. The Kier molecular flexibility index (Phi) is 2.55. The van der Waals surface area contributed by atoms with Crippen LogP contribution < -0.4 is 0 Å². The monoisotopic (exact) mass is 189 g/mol. The molecule has 0 spiro atoms. The minimum absolute atomic E-state index is 0.167. The quantitative estimate of drug-likeness (QED) is 0.766. The molecule has 2 heterocycles. The van der Waals surface area contributed by atoms with Gasteiger partial charge in [-0.05, 0) is 24.6 Å². The summed E-state index contributed by atoms with van der Waals surface area (Å²) in [6.07, 6.45) is 6.18. The summed E-state index contributed by atoms with van der Waals surface area (Å²) in [5, 5.41) is 16.6. The number of aromatic nitrogens is 3. The zero-order chi connectivity index (χ0) is 9.80. The van der Waals surface area contributed by atoms with Crippen molar-refractivity contribution in [2.75, 3.05) is 6.61 Å². The molecule has 0 aliphatic carbocycles. The number of aliphatic hydroxyl groups excluding tert-OH is 1. The van der Waals surface area contributed by atoms with Crippen molar-refractivity contribution in [3.05, 3.63) is 30.1 Å². The van der Waals surface area contributed by atoms with Crippen LogP contribution in [0.15, 0.2) is 24.4 Å². The van der Waals surface area contributed by atoms with Crippen LogP contribution in [-0.4, -0.2) is 26.9 Å². The molecule has 72 valence electrons. The second kappa shape index (κ2) is 4.02. The van der Waals surface area contributed by atoms with Crippen molar-refractivity contribution >= 4 is 17.1 Å². The molecule has 2 aromatic rings. The number of aromatic amines is 1. The van der Waals surface area contributed by atoms with Crippen LogP contribution in [-0.2, 0) is 0 Å².